The van der Waals surface area contributed by atoms with E-state index in [-0.39, 0.29) is 30.5 Å². The molecule has 1 saturated carbocycles. The van der Waals surface area contributed by atoms with Crippen LogP contribution in [0.3, 0.4) is 0 Å². The lowest BCUT2D eigenvalue weighted by Gasteiger charge is -2.34. The molecular weight excluding hydrogens is 644 g/mol. The lowest BCUT2D eigenvalue weighted by atomic mass is 10.0. The Hall–Kier alpha value is -2.99. The molecule has 7 nitrogen and oxygen atoms in total. The molecule has 1 fully saturated rings. The van der Waals surface area contributed by atoms with Crippen LogP contribution in [0.4, 0.5) is 10.1 Å². The second-order valence-electron chi connectivity index (χ2n) is 10.1. The third kappa shape index (κ3) is 8.03. The molecule has 1 atom stereocenters. The van der Waals surface area contributed by atoms with E-state index in [9.17, 15) is 22.4 Å². The van der Waals surface area contributed by atoms with Crippen LogP contribution in [0.5, 0.6) is 0 Å². The molecule has 0 aliphatic heterocycles. The van der Waals surface area contributed by atoms with Gasteiger partial charge >= 0.3 is 0 Å². The van der Waals surface area contributed by atoms with Gasteiger partial charge in [0, 0.05) is 28.1 Å². The molecule has 0 heterocycles. The van der Waals surface area contributed by atoms with Crippen molar-refractivity contribution in [2.45, 2.75) is 50.7 Å². The van der Waals surface area contributed by atoms with Crippen molar-refractivity contribution in [3.63, 3.8) is 0 Å². The van der Waals surface area contributed by atoms with Gasteiger partial charge in [-0.1, -0.05) is 61.4 Å². The summed E-state index contributed by atoms with van der Waals surface area (Å²) in [6, 6.07) is 21.2. The van der Waals surface area contributed by atoms with E-state index in [0.717, 1.165) is 45.4 Å². The Morgan fingerprint density at radius 1 is 0.975 bits per heavy atom. The van der Waals surface area contributed by atoms with Crippen LogP contribution in [0.1, 0.15) is 36.8 Å². The zero-order chi connectivity index (χ0) is 28.7. The second kappa shape index (κ2) is 13.6. The van der Waals surface area contributed by atoms with Gasteiger partial charge < -0.3 is 10.2 Å². The summed E-state index contributed by atoms with van der Waals surface area (Å²) in [6.07, 6.45) is 4.99. The van der Waals surface area contributed by atoms with Crippen LogP contribution in [0.25, 0.3) is 0 Å². The molecule has 212 valence electrons. The molecule has 0 bridgehead atoms. The Labute approximate surface area is 248 Å². The lowest BCUT2D eigenvalue weighted by molar-refractivity contribution is -0.140. The van der Waals surface area contributed by atoms with Crippen LogP contribution in [0.2, 0.25) is 0 Å². The van der Waals surface area contributed by atoms with E-state index in [4.69, 9.17) is 0 Å². The molecule has 3 aromatic rings. The minimum atomic E-state index is -3.86. The molecule has 1 N–H and O–H groups in total. The summed E-state index contributed by atoms with van der Waals surface area (Å²) >= 11 is 2.12. The van der Waals surface area contributed by atoms with Gasteiger partial charge in [0.25, 0.3) is 0 Å². The first-order valence-electron chi connectivity index (χ1n) is 13.2. The van der Waals surface area contributed by atoms with E-state index in [1.807, 2.05) is 30.3 Å². The van der Waals surface area contributed by atoms with Crippen LogP contribution in [0, 0.1) is 9.39 Å². The first kappa shape index (κ1) is 30.0. The fourth-order valence-electron chi connectivity index (χ4n) is 4.95. The fraction of sp³-hybridized carbons (Fsp3) is 0.333. The molecule has 0 spiro atoms. The average molecular weight is 678 g/mol. The number of anilines is 1. The first-order chi connectivity index (χ1) is 19.1. The average Bonchev–Trinajstić information content (AvgIpc) is 3.44. The van der Waals surface area contributed by atoms with E-state index in [2.05, 4.69) is 27.9 Å². The number of nitrogens with zero attached hydrogens (tertiary/aromatic N) is 2. The Balaban J connectivity index is 1.72. The van der Waals surface area contributed by atoms with Gasteiger partial charge in [0.15, 0.2) is 0 Å². The normalized spacial score (nSPS) is 14.5. The highest BCUT2D eigenvalue weighted by molar-refractivity contribution is 14.1. The van der Waals surface area contributed by atoms with Gasteiger partial charge in [0.2, 0.25) is 21.8 Å². The molecule has 3 aromatic carbocycles. The first-order valence-corrected chi connectivity index (χ1v) is 16.1. The minimum absolute atomic E-state index is 0.00972. The lowest BCUT2D eigenvalue weighted by Crippen LogP contribution is -2.54. The van der Waals surface area contributed by atoms with Crippen molar-refractivity contribution in [1.82, 2.24) is 10.2 Å². The highest BCUT2D eigenvalue weighted by atomic mass is 127. The topological polar surface area (TPSA) is 86.8 Å². The molecule has 1 unspecified atom stereocenters. The van der Waals surface area contributed by atoms with Crippen LogP contribution < -0.4 is 9.62 Å². The van der Waals surface area contributed by atoms with E-state index in [1.54, 1.807) is 42.5 Å². The number of nitrogens with one attached hydrogen (secondary N) is 1. The molecule has 10 heteroatoms. The van der Waals surface area contributed by atoms with Crippen molar-refractivity contribution in [2.24, 2.45) is 0 Å². The molecule has 0 aromatic heterocycles. The van der Waals surface area contributed by atoms with Crippen molar-refractivity contribution < 1.29 is 22.4 Å². The number of rotatable bonds is 11. The van der Waals surface area contributed by atoms with Crippen molar-refractivity contribution in [2.75, 3.05) is 17.1 Å². The molecular formula is C30H33FIN3O4S. The maximum absolute atomic E-state index is 14.8. The number of halogens is 2. The van der Waals surface area contributed by atoms with Crippen molar-refractivity contribution in [3.05, 3.63) is 99.4 Å². The van der Waals surface area contributed by atoms with Crippen molar-refractivity contribution in [1.29, 1.82) is 0 Å². The van der Waals surface area contributed by atoms with E-state index in [1.165, 1.54) is 11.0 Å². The number of carbonyl (C=O) groups is 2. The van der Waals surface area contributed by atoms with Crippen LogP contribution in [-0.4, -0.2) is 50.0 Å². The standard InChI is InChI=1S/C30H33FIN3O4S/c1-40(38,39)35(26-17-15-24(32)16-18-26)21-29(36)34(20-23-11-5-8-14-27(23)31)28(19-22-9-3-2-4-10-22)30(37)33-25-12-6-7-13-25/h2-5,8-11,14-18,25,28H,6-7,12-13,19-21H2,1H3,(H,33,37). The second-order valence-corrected chi connectivity index (χ2v) is 13.2. The maximum Gasteiger partial charge on any atom is 0.244 e. The third-order valence-electron chi connectivity index (χ3n) is 7.06. The zero-order valence-corrected chi connectivity index (χ0v) is 25.3. The number of sulfonamides is 1. The fourth-order valence-corrected chi connectivity index (χ4v) is 6.16. The molecule has 0 saturated heterocycles. The van der Waals surface area contributed by atoms with Gasteiger partial charge in [-0.2, -0.15) is 0 Å². The molecule has 0 radical (unpaired) electrons. The molecule has 40 heavy (non-hydrogen) atoms. The number of hydrogen-bond acceptors (Lipinski definition) is 4. The van der Waals surface area contributed by atoms with Gasteiger partial charge in [0.05, 0.1) is 11.9 Å². The highest BCUT2D eigenvalue weighted by Crippen LogP contribution is 2.23. The number of carbonyl (C=O) groups excluding carboxylic acids is 2. The highest BCUT2D eigenvalue weighted by Gasteiger charge is 2.34. The third-order valence-corrected chi connectivity index (χ3v) is 8.92. The van der Waals surface area contributed by atoms with Crippen LogP contribution >= 0.6 is 22.6 Å². The summed E-state index contributed by atoms with van der Waals surface area (Å²) in [5.41, 5.74) is 1.40. The van der Waals surface area contributed by atoms with Crippen molar-refractivity contribution in [3.8, 4) is 0 Å². The summed E-state index contributed by atoms with van der Waals surface area (Å²) < 4.78 is 42.4. The summed E-state index contributed by atoms with van der Waals surface area (Å²) in [7, 11) is -3.86. The van der Waals surface area contributed by atoms with E-state index < -0.39 is 34.3 Å². The summed E-state index contributed by atoms with van der Waals surface area (Å²) in [5.74, 6) is -1.44. The van der Waals surface area contributed by atoms with Crippen LogP contribution in [-0.2, 0) is 32.6 Å². The number of benzene rings is 3. The van der Waals surface area contributed by atoms with Gasteiger partial charge in [-0.3, -0.25) is 13.9 Å². The zero-order valence-electron chi connectivity index (χ0n) is 22.3. The number of amides is 2. The molecule has 1 aliphatic rings. The monoisotopic (exact) mass is 677 g/mol. The summed E-state index contributed by atoms with van der Waals surface area (Å²) in [4.78, 5) is 29.1. The van der Waals surface area contributed by atoms with Gasteiger partial charge in [-0.05, 0) is 71.3 Å². The summed E-state index contributed by atoms with van der Waals surface area (Å²) in [6.45, 7) is -0.721. The SMILES string of the molecule is CS(=O)(=O)N(CC(=O)N(Cc1ccccc1F)C(Cc1ccccc1)C(=O)NC1CCCC1)c1ccc(I)cc1. The predicted octanol–water partition coefficient (Wildman–Crippen LogP) is 4.90. The van der Waals surface area contributed by atoms with E-state index in [0.29, 0.717) is 5.69 Å². The minimum Gasteiger partial charge on any atom is -0.352 e. The van der Waals surface area contributed by atoms with E-state index >= 15 is 0 Å². The summed E-state index contributed by atoms with van der Waals surface area (Å²) in [5, 5.41) is 3.10. The molecule has 2 amide bonds. The Bertz CT molecular complexity index is 1410. The Kier molecular flexibility index (Phi) is 10.2. The van der Waals surface area contributed by atoms with Crippen LogP contribution in [0.15, 0.2) is 78.9 Å². The Morgan fingerprint density at radius 2 is 1.60 bits per heavy atom. The largest absolute Gasteiger partial charge is 0.352 e. The maximum atomic E-state index is 14.8. The smallest absolute Gasteiger partial charge is 0.244 e. The van der Waals surface area contributed by atoms with Gasteiger partial charge in [-0.25, -0.2) is 12.8 Å². The predicted molar refractivity (Wildman–Crippen MR) is 163 cm³/mol. The van der Waals surface area contributed by atoms with Crippen molar-refractivity contribution >= 4 is 50.1 Å². The van der Waals surface area contributed by atoms with Gasteiger partial charge in [-0.15, -0.1) is 0 Å². The molecule has 4 rings (SSSR count). The van der Waals surface area contributed by atoms with Gasteiger partial charge in [0.1, 0.15) is 18.4 Å². The number of hydrogen-bond donors (Lipinski definition) is 1. The Morgan fingerprint density at radius 3 is 2.23 bits per heavy atom. The molecule has 1 aliphatic carbocycles. The quantitative estimate of drug-likeness (QED) is 0.293.